The number of pyridine rings is 1. The monoisotopic (exact) mass is 358 g/mol. The summed E-state index contributed by atoms with van der Waals surface area (Å²) in [7, 11) is 0. The summed E-state index contributed by atoms with van der Waals surface area (Å²) in [5.41, 5.74) is 7.82. The van der Waals surface area contributed by atoms with Crippen LogP contribution in [0.4, 0.5) is 0 Å². The van der Waals surface area contributed by atoms with Crippen LogP contribution in [0.3, 0.4) is 0 Å². The summed E-state index contributed by atoms with van der Waals surface area (Å²) in [6.07, 6.45) is 6.34. The minimum Gasteiger partial charge on any atom is -0.370 e. The fourth-order valence-corrected chi connectivity index (χ4v) is 4.22. The number of likely N-dealkylation sites (tertiary alicyclic amines) is 1. The maximum Gasteiger partial charge on any atom is 0.218 e. The Hall–Kier alpha value is -1.76. The van der Waals surface area contributed by atoms with Gasteiger partial charge in [-0.25, -0.2) is 0 Å². The number of nitrogens with two attached hydrogens (primary N) is 1. The molecule has 2 unspecified atom stereocenters. The predicted octanol–water partition coefficient (Wildman–Crippen LogP) is 2.55. The van der Waals surface area contributed by atoms with E-state index in [0.717, 1.165) is 25.9 Å². The number of hydrogen-bond donors (Lipinski definition) is 2. The van der Waals surface area contributed by atoms with E-state index in [2.05, 4.69) is 45.0 Å². The van der Waals surface area contributed by atoms with Crippen LogP contribution in [0.5, 0.6) is 0 Å². The Morgan fingerprint density at radius 3 is 2.80 bits per heavy atom. The standard InChI is InChI=1S/C19H26N4OS/c1-14(11-18(20)24)23-8-4-17(5-9-23)22-19(16-6-10-25-13-16)15-3-2-7-21-12-15/h2-3,6-7,10,12-14,17,19,22H,4-5,8-9,11H2,1H3,(H2,20,24). The van der Waals surface area contributed by atoms with Gasteiger partial charge in [0.1, 0.15) is 0 Å². The van der Waals surface area contributed by atoms with E-state index in [4.69, 9.17) is 5.73 Å². The Morgan fingerprint density at radius 2 is 2.20 bits per heavy atom. The van der Waals surface area contributed by atoms with E-state index in [-0.39, 0.29) is 18.0 Å². The van der Waals surface area contributed by atoms with Gasteiger partial charge in [0.05, 0.1) is 6.04 Å². The second-order valence-corrected chi connectivity index (χ2v) is 7.55. The second-order valence-electron chi connectivity index (χ2n) is 6.77. The van der Waals surface area contributed by atoms with Gasteiger partial charge in [-0.3, -0.25) is 9.78 Å². The summed E-state index contributed by atoms with van der Waals surface area (Å²) in [6.45, 7) is 4.08. The van der Waals surface area contributed by atoms with Gasteiger partial charge in [0.2, 0.25) is 5.91 Å². The van der Waals surface area contributed by atoms with Crippen LogP contribution in [-0.4, -0.2) is 41.0 Å². The SMILES string of the molecule is CC(CC(N)=O)N1CCC(NC(c2cccnc2)c2ccsc2)CC1. The number of hydrogen-bond acceptors (Lipinski definition) is 5. The number of piperidine rings is 1. The van der Waals surface area contributed by atoms with Gasteiger partial charge in [-0.2, -0.15) is 11.3 Å². The number of amides is 1. The number of nitrogens with one attached hydrogen (secondary N) is 1. The van der Waals surface area contributed by atoms with Crippen LogP contribution < -0.4 is 11.1 Å². The molecule has 0 saturated carbocycles. The number of carbonyl (C=O) groups is 1. The first-order chi connectivity index (χ1) is 12.1. The van der Waals surface area contributed by atoms with Crippen molar-refractivity contribution < 1.29 is 4.79 Å². The number of nitrogens with zero attached hydrogens (tertiary/aromatic N) is 2. The number of aromatic nitrogens is 1. The molecule has 5 nitrogen and oxygen atoms in total. The molecule has 3 rings (SSSR count). The Balaban J connectivity index is 1.62. The van der Waals surface area contributed by atoms with Gasteiger partial charge >= 0.3 is 0 Å². The Kier molecular flexibility index (Phi) is 6.18. The van der Waals surface area contributed by atoms with E-state index in [0.29, 0.717) is 12.5 Å². The van der Waals surface area contributed by atoms with E-state index in [1.165, 1.54) is 11.1 Å². The Bertz CT molecular complexity index is 653. The van der Waals surface area contributed by atoms with Crippen molar-refractivity contribution >= 4 is 17.2 Å². The lowest BCUT2D eigenvalue weighted by atomic mass is 9.97. The smallest absolute Gasteiger partial charge is 0.218 e. The Labute approximate surface area is 153 Å². The molecule has 25 heavy (non-hydrogen) atoms. The van der Waals surface area contributed by atoms with Crippen molar-refractivity contribution in [3.8, 4) is 0 Å². The number of primary amides is 1. The van der Waals surface area contributed by atoms with E-state index < -0.39 is 0 Å². The van der Waals surface area contributed by atoms with Gasteiger partial charge in [-0.05, 0) is 66.9 Å². The van der Waals surface area contributed by atoms with Crippen LogP contribution in [0.1, 0.15) is 43.4 Å². The van der Waals surface area contributed by atoms with Crippen LogP contribution in [-0.2, 0) is 4.79 Å². The van der Waals surface area contributed by atoms with Crippen LogP contribution >= 0.6 is 11.3 Å². The largest absolute Gasteiger partial charge is 0.370 e. The molecule has 134 valence electrons. The van der Waals surface area contributed by atoms with Crippen molar-refractivity contribution in [2.45, 2.75) is 44.3 Å². The number of carbonyl (C=O) groups excluding carboxylic acids is 1. The van der Waals surface area contributed by atoms with Crippen molar-refractivity contribution in [3.63, 3.8) is 0 Å². The van der Waals surface area contributed by atoms with Crippen molar-refractivity contribution in [1.82, 2.24) is 15.2 Å². The molecule has 0 aliphatic carbocycles. The molecule has 3 N–H and O–H groups in total. The molecule has 2 aromatic heterocycles. The zero-order chi connectivity index (χ0) is 17.6. The molecule has 0 aromatic carbocycles. The first-order valence-electron chi connectivity index (χ1n) is 8.84. The minimum absolute atomic E-state index is 0.180. The molecule has 0 spiro atoms. The van der Waals surface area contributed by atoms with Crippen LogP contribution in [0.2, 0.25) is 0 Å². The van der Waals surface area contributed by atoms with Gasteiger partial charge in [0.15, 0.2) is 0 Å². The normalized spacial score (nSPS) is 18.8. The molecule has 1 fully saturated rings. The fourth-order valence-electron chi connectivity index (χ4n) is 3.53. The molecule has 1 amide bonds. The maximum absolute atomic E-state index is 11.1. The molecular formula is C19H26N4OS. The topological polar surface area (TPSA) is 71.2 Å². The highest BCUT2D eigenvalue weighted by molar-refractivity contribution is 7.08. The van der Waals surface area contributed by atoms with Gasteiger partial charge in [0.25, 0.3) is 0 Å². The van der Waals surface area contributed by atoms with Gasteiger partial charge in [0, 0.05) is 30.9 Å². The minimum atomic E-state index is -0.221. The third-order valence-electron chi connectivity index (χ3n) is 4.95. The van der Waals surface area contributed by atoms with E-state index in [1.54, 1.807) is 11.3 Å². The molecule has 0 bridgehead atoms. The van der Waals surface area contributed by atoms with Crippen molar-refractivity contribution in [2.24, 2.45) is 5.73 Å². The molecule has 3 heterocycles. The van der Waals surface area contributed by atoms with Gasteiger partial charge in [-0.1, -0.05) is 6.07 Å². The fraction of sp³-hybridized carbons (Fsp3) is 0.474. The molecule has 6 heteroatoms. The van der Waals surface area contributed by atoms with Crippen LogP contribution in [0.25, 0.3) is 0 Å². The molecule has 2 atom stereocenters. The van der Waals surface area contributed by atoms with E-state index in [9.17, 15) is 4.79 Å². The predicted molar refractivity (Wildman–Crippen MR) is 101 cm³/mol. The van der Waals surface area contributed by atoms with Crippen LogP contribution in [0.15, 0.2) is 41.4 Å². The molecule has 1 aliphatic rings. The van der Waals surface area contributed by atoms with E-state index >= 15 is 0 Å². The average Bonchev–Trinajstić information content (AvgIpc) is 3.14. The lowest BCUT2D eigenvalue weighted by Crippen LogP contribution is -2.47. The quantitative estimate of drug-likeness (QED) is 0.798. The summed E-state index contributed by atoms with van der Waals surface area (Å²) in [5, 5.41) is 8.15. The first kappa shape index (κ1) is 18.0. The highest BCUT2D eigenvalue weighted by Gasteiger charge is 2.26. The summed E-state index contributed by atoms with van der Waals surface area (Å²) in [6, 6.07) is 7.17. The number of rotatable bonds is 7. The first-order valence-corrected chi connectivity index (χ1v) is 9.78. The Morgan fingerprint density at radius 1 is 1.40 bits per heavy atom. The number of thiophene rings is 1. The average molecular weight is 359 g/mol. The summed E-state index contributed by atoms with van der Waals surface area (Å²) in [4.78, 5) is 17.8. The van der Waals surface area contributed by atoms with Gasteiger partial charge < -0.3 is 16.0 Å². The highest BCUT2D eigenvalue weighted by Crippen LogP contribution is 2.26. The van der Waals surface area contributed by atoms with Crippen molar-refractivity contribution in [3.05, 3.63) is 52.5 Å². The highest BCUT2D eigenvalue weighted by atomic mass is 32.1. The van der Waals surface area contributed by atoms with E-state index in [1.807, 2.05) is 18.5 Å². The molecule has 0 radical (unpaired) electrons. The third-order valence-corrected chi connectivity index (χ3v) is 5.65. The molecular weight excluding hydrogens is 332 g/mol. The summed E-state index contributed by atoms with van der Waals surface area (Å²) in [5.74, 6) is -0.221. The summed E-state index contributed by atoms with van der Waals surface area (Å²) >= 11 is 1.72. The van der Waals surface area contributed by atoms with Crippen molar-refractivity contribution in [1.29, 1.82) is 0 Å². The lowest BCUT2D eigenvalue weighted by Gasteiger charge is -2.37. The second kappa shape index (κ2) is 8.56. The summed E-state index contributed by atoms with van der Waals surface area (Å²) < 4.78 is 0. The molecule has 1 saturated heterocycles. The molecule has 2 aromatic rings. The zero-order valence-electron chi connectivity index (χ0n) is 14.6. The maximum atomic E-state index is 11.1. The van der Waals surface area contributed by atoms with Gasteiger partial charge in [-0.15, -0.1) is 0 Å². The third kappa shape index (κ3) is 4.87. The molecule has 1 aliphatic heterocycles. The lowest BCUT2D eigenvalue weighted by molar-refractivity contribution is -0.119. The van der Waals surface area contributed by atoms with Crippen LogP contribution in [0, 0.1) is 0 Å². The van der Waals surface area contributed by atoms with Crippen molar-refractivity contribution in [2.75, 3.05) is 13.1 Å². The zero-order valence-corrected chi connectivity index (χ0v) is 15.4.